The quantitative estimate of drug-likeness (QED) is 0.590. The summed E-state index contributed by atoms with van der Waals surface area (Å²) in [6.45, 7) is 3.88. The van der Waals surface area contributed by atoms with Gasteiger partial charge in [-0.15, -0.1) is 0 Å². The first-order valence-corrected chi connectivity index (χ1v) is 5.67. The van der Waals surface area contributed by atoms with Crippen LogP contribution >= 0.6 is 0 Å². The van der Waals surface area contributed by atoms with E-state index in [9.17, 15) is 10.1 Å². The molecule has 1 fully saturated rings. The summed E-state index contributed by atoms with van der Waals surface area (Å²) in [4.78, 5) is 16.7. The summed E-state index contributed by atoms with van der Waals surface area (Å²) in [5, 5.41) is 11.0. The molecule has 0 aliphatic carbocycles. The fourth-order valence-electron chi connectivity index (χ4n) is 2.02. The first-order valence-electron chi connectivity index (χ1n) is 5.67. The minimum atomic E-state index is -0.384. The van der Waals surface area contributed by atoms with Crippen molar-refractivity contribution in [1.82, 2.24) is 4.98 Å². The summed E-state index contributed by atoms with van der Waals surface area (Å²) in [5.74, 6) is 0.452. The second kappa shape index (κ2) is 5.09. The minimum Gasteiger partial charge on any atom is -0.377 e. The number of nitrogens with zero attached hydrogens (tertiary/aromatic N) is 3. The van der Waals surface area contributed by atoms with Crippen molar-refractivity contribution in [3.8, 4) is 0 Å². The fourth-order valence-corrected chi connectivity index (χ4v) is 2.02. The molecule has 6 heteroatoms. The second-order valence-electron chi connectivity index (χ2n) is 3.93. The lowest BCUT2D eigenvalue weighted by Crippen LogP contribution is -2.45. The van der Waals surface area contributed by atoms with Gasteiger partial charge in [-0.25, -0.2) is 4.98 Å². The third kappa shape index (κ3) is 2.36. The van der Waals surface area contributed by atoms with Gasteiger partial charge in [-0.3, -0.25) is 10.1 Å². The van der Waals surface area contributed by atoms with E-state index >= 15 is 0 Å². The predicted octanol–water partition coefficient (Wildman–Crippen LogP) is 1.60. The second-order valence-corrected chi connectivity index (χ2v) is 3.93. The highest BCUT2D eigenvalue weighted by atomic mass is 16.6. The van der Waals surface area contributed by atoms with Crippen LogP contribution in [0.25, 0.3) is 0 Å². The smallest absolute Gasteiger partial charge is 0.311 e. The van der Waals surface area contributed by atoms with E-state index in [1.807, 2.05) is 11.8 Å². The van der Waals surface area contributed by atoms with Crippen molar-refractivity contribution in [3.05, 3.63) is 28.4 Å². The van der Waals surface area contributed by atoms with Gasteiger partial charge in [0.15, 0.2) is 0 Å². The fraction of sp³-hybridized carbons (Fsp3) is 0.545. The van der Waals surface area contributed by atoms with E-state index in [1.54, 1.807) is 12.3 Å². The molecule has 2 heterocycles. The lowest BCUT2D eigenvalue weighted by molar-refractivity contribution is -0.384. The molecule has 1 aliphatic rings. The molecule has 1 aromatic rings. The van der Waals surface area contributed by atoms with Gasteiger partial charge in [0.2, 0.25) is 5.82 Å². The Labute approximate surface area is 99.4 Å². The van der Waals surface area contributed by atoms with Gasteiger partial charge in [-0.1, -0.05) is 6.92 Å². The monoisotopic (exact) mass is 237 g/mol. The molecule has 0 aromatic carbocycles. The Morgan fingerprint density at radius 2 is 2.53 bits per heavy atom. The molecular weight excluding hydrogens is 222 g/mol. The number of anilines is 1. The predicted molar refractivity (Wildman–Crippen MR) is 63.1 cm³/mol. The Morgan fingerprint density at radius 3 is 3.24 bits per heavy atom. The van der Waals surface area contributed by atoms with Gasteiger partial charge < -0.3 is 9.64 Å². The molecule has 6 nitrogen and oxygen atoms in total. The molecular formula is C11H15N3O3. The van der Waals surface area contributed by atoms with Gasteiger partial charge in [0.25, 0.3) is 0 Å². The zero-order chi connectivity index (χ0) is 12.3. The van der Waals surface area contributed by atoms with Crippen molar-refractivity contribution in [1.29, 1.82) is 0 Å². The Hall–Kier alpha value is -1.69. The van der Waals surface area contributed by atoms with Crippen molar-refractivity contribution in [2.24, 2.45) is 0 Å². The summed E-state index contributed by atoms with van der Waals surface area (Å²) in [6.07, 6.45) is 2.47. The summed E-state index contributed by atoms with van der Waals surface area (Å²) in [7, 11) is 0. The topological polar surface area (TPSA) is 68.5 Å². The van der Waals surface area contributed by atoms with Crippen LogP contribution in [-0.2, 0) is 4.74 Å². The van der Waals surface area contributed by atoms with Crippen LogP contribution in [0.15, 0.2) is 18.3 Å². The van der Waals surface area contributed by atoms with Crippen LogP contribution in [0.1, 0.15) is 13.3 Å². The summed E-state index contributed by atoms with van der Waals surface area (Å²) in [6, 6.07) is 3.24. The van der Waals surface area contributed by atoms with E-state index < -0.39 is 0 Å². The SMILES string of the molecule is CCC1COCCN1c1ncccc1[N+](=O)[O-]. The highest BCUT2D eigenvalue weighted by molar-refractivity contribution is 5.58. The molecule has 0 amide bonds. The van der Waals surface area contributed by atoms with Crippen LogP contribution in [0.3, 0.4) is 0 Å². The first kappa shape index (κ1) is 11.8. The third-order valence-corrected chi connectivity index (χ3v) is 2.93. The Balaban J connectivity index is 2.34. The molecule has 0 saturated carbocycles. The van der Waals surface area contributed by atoms with Crippen LogP contribution in [0, 0.1) is 10.1 Å². The summed E-state index contributed by atoms with van der Waals surface area (Å²) >= 11 is 0. The van der Waals surface area contributed by atoms with Gasteiger partial charge in [0.05, 0.1) is 24.2 Å². The highest BCUT2D eigenvalue weighted by Crippen LogP contribution is 2.28. The number of pyridine rings is 1. The van der Waals surface area contributed by atoms with Gasteiger partial charge in [0.1, 0.15) is 0 Å². The number of hydrogen-bond donors (Lipinski definition) is 0. The summed E-state index contributed by atoms with van der Waals surface area (Å²) in [5.41, 5.74) is 0.0628. The molecule has 1 unspecified atom stereocenters. The van der Waals surface area contributed by atoms with Crippen LogP contribution in [-0.4, -0.2) is 35.7 Å². The molecule has 92 valence electrons. The maximum absolute atomic E-state index is 11.0. The van der Waals surface area contributed by atoms with E-state index in [1.165, 1.54) is 6.07 Å². The number of nitro groups is 1. The zero-order valence-electron chi connectivity index (χ0n) is 9.70. The number of hydrogen-bond acceptors (Lipinski definition) is 5. The molecule has 0 bridgehead atoms. The minimum absolute atomic E-state index is 0.0628. The van der Waals surface area contributed by atoms with Crippen molar-refractivity contribution >= 4 is 11.5 Å². The molecule has 0 radical (unpaired) electrons. The standard InChI is InChI=1S/C11H15N3O3/c1-2-9-8-17-7-6-13(9)11-10(14(15)16)4-3-5-12-11/h3-5,9H,2,6-8H2,1H3. The number of morpholine rings is 1. The van der Waals surface area contributed by atoms with Crippen LogP contribution in [0.4, 0.5) is 11.5 Å². The van der Waals surface area contributed by atoms with E-state index in [0.717, 1.165) is 6.42 Å². The lowest BCUT2D eigenvalue weighted by Gasteiger charge is -2.35. The highest BCUT2D eigenvalue weighted by Gasteiger charge is 2.28. The molecule has 0 N–H and O–H groups in total. The van der Waals surface area contributed by atoms with Crippen molar-refractivity contribution in [2.75, 3.05) is 24.7 Å². The largest absolute Gasteiger partial charge is 0.377 e. The molecule has 1 aromatic heterocycles. The number of aromatic nitrogens is 1. The average Bonchev–Trinajstić information content (AvgIpc) is 2.38. The molecule has 1 atom stereocenters. The maximum Gasteiger partial charge on any atom is 0.311 e. The van der Waals surface area contributed by atoms with E-state index in [2.05, 4.69) is 4.98 Å². The van der Waals surface area contributed by atoms with Crippen LogP contribution in [0.5, 0.6) is 0 Å². The third-order valence-electron chi connectivity index (χ3n) is 2.93. The van der Waals surface area contributed by atoms with Crippen molar-refractivity contribution in [3.63, 3.8) is 0 Å². The first-order chi connectivity index (χ1) is 8.24. The molecule has 0 spiro atoms. The molecule has 1 aliphatic heterocycles. The van der Waals surface area contributed by atoms with E-state index in [4.69, 9.17) is 4.74 Å². The average molecular weight is 237 g/mol. The molecule has 1 saturated heterocycles. The van der Waals surface area contributed by atoms with Gasteiger partial charge in [0, 0.05) is 18.8 Å². The maximum atomic E-state index is 11.0. The number of rotatable bonds is 3. The van der Waals surface area contributed by atoms with E-state index in [0.29, 0.717) is 25.6 Å². The molecule has 2 rings (SSSR count). The van der Waals surface area contributed by atoms with Crippen LogP contribution < -0.4 is 4.90 Å². The number of ether oxygens (including phenoxy) is 1. The Morgan fingerprint density at radius 1 is 1.71 bits per heavy atom. The Bertz CT molecular complexity index is 411. The molecule has 17 heavy (non-hydrogen) atoms. The van der Waals surface area contributed by atoms with E-state index in [-0.39, 0.29) is 16.7 Å². The van der Waals surface area contributed by atoms with Gasteiger partial charge in [-0.05, 0) is 12.5 Å². The van der Waals surface area contributed by atoms with Gasteiger partial charge in [-0.2, -0.15) is 0 Å². The van der Waals surface area contributed by atoms with Crippen LogP contribution in [0.2, 0.25) is 0 Å². The van der Waals surface area contributed by atoms with Crippen molar-refractivity contribution < 1.29 is 9.66 Å². The van der Waals surface area contributed by atoms with Gasteiger partial charge >= 0.3 is 5.69 Å². The zero-order valence-corrected chi connectivity index (χ0v) is 9.70. The summed E-state index contributed by atoms with van der Waals surface area (Å²) < 4.78 is 5.39. The van der Waals surface area contributed by atoms with Crippen molar-refractivity contribution in [2.45, 2.75) is 19.4 Å². The Kier molecular flexibility index (Phi) is 3.53. The lowest BCUT2D eigenvalue weighted by atomic mass is 10.1. The normalized spacial score (nSPS) is 20.3.